The molecule has 56 valence electrons. The Morgan fingerprint density at radius 1 is 1.55 bits per heavy atom. The SMILES string of the molecule is Cc1c(O)cnc2[nH]ccc12. The Morgan fingerprint density at radius 3 is 3.18 bits per heavy atom. The van der Waals surface area contributed by atoms with Gasteiger partial charge in [0.05, 0.1) is 6.20 Å². The van der Waals surface area contributed by atoms with E-state index in [1.807, 2.05) is 19.2 Å². The van der Waals surface area contributed by atoms with Crippen LogP contribution in [0.15, 0.2) is 18.5 Å². The van der Waals surface area contributed by atoms with Crippen molar-refractivity contribution >= 4 is 11.0 Å². The molecule has 3 heteroatoms. The minimum Gasteiger partial charge on any atom is -0.506 e. The molecule has 2 heterocycles. The summed E-state index contributed by atoms with van der Waals surface area (Å²) in [6.07, 6.45) is 3.26. The van der Waals surface area contributed by atoms with Gasteiger partial charge < -0.3 is 10.1 Å². The average molecular weight is 148 g/mol. The lowest BCUT2D eigenvalue weighted by Gasteiger charge is -1.97. The van der Waals surface area contributed by atoms with Gasteiger partial charge in [0.15, 0.2) is 0 Å². The third-order valence-electron chi connectivity index (χ3n) is 1.83. The number of aromatic nitrogens is 2. The number of rotatable bonds is 0. The molecule has 2 aromatic rings. The van der Waals surface area contributed by atoms with E-state index >= 15 is 0 Å². The van der Waals surface area contributed by atoms with Gasteiger partial charge in [0.25, 0.3) is 0 Å². The molecule has 0 bridgehead atoms. The maximum Gasteiger partial charge on any atom is 0.137 e. The number of nitrogens with one attached hydrogen (secondary N) is 1. The molecular weight excluding hydrogens is 140 g/mol. The zero-order chi connectivity index (χ0) is 7.84. The quantitative estimate of drug-likeness (QED) is 0.595. The highest BCUT2D eigenvalue weighted by Gasteiger charge is 2.02. The van der Waals surface area contributed by atoms with Crippen molar-refractivity contribution in [2.75, 3.05) is 0 Å². The summed E-state index contributed by atoms with van der Waals surface area (Å²) < 4.78 is 0. The Hall–Kier alpha value is -1.51. The molecule has 0 saturated heterocycles. The maximum atomic E-state index is 9.26. The van der Waals surface area contributed by atoms with Crippen LogP contribution >= 0.6 is 0 Å². The second-order valence-corrected chi connectivity index (χ2v) is 2.51. The summed E-state index contributed by atoms with van der Waals surface area (Å²) >= 11 is 0. The first-order valence-corrected chi connectivity index (χ1v) is 3.40. The van der Waals surface area contributed by atoms with Gasteiger partial charge in [-0.2, -0.15) is 0 Å². The highest BCUT2D eigenvalue weighted by molar-refractivity contribution is 5.80. The molecule has 2 aromatic heterocycles. The molecule has 0 radical (unpaired) electrons. The average Bonchev–Trinajstić information content (AvgIpc) is 2.45. The molecule has 0 atom stereocenters. The number of pyridine rings is 1. The molecule has 11 heavy (non-hydrogen) atoms. The summed E-state index contributed by atoms with van der Waals surface area (Å²) in [6.45, 7) is 1.87. The minimum absolute atomic E-state index is 0.247. The van der Waals surface area contributed by atoms with Crippen molar-refractivity contribution in [3.05, 3.63) is 24.0 Å². The summed E-state index contributed by atoms with van der Waals surface area (Å²) in [5.41, 5.74) is 1.69. The molecule has 0 amide bonds. The molecular formula is C8H8N2O. The highest BCUT2D eigenvalue weighted by Crippen LogP contribution is 2.22. The van der Waals surface area contributed by atoms with Crippen molar-refractivity contribution in [3.8, 4) is 5.75 Å². The van der Waals surface area contributed by atoms with Crippen LogP contribution in [-0.4, -0.2) is 15.1 Å². The van der Waals surface area contributed by atoms with Crippen LogP contribution in [0.25, 0.3) is 11.0 Å². The number of hydrogen-bond acceptors (Lipinski definition) is 2. The summed E-state index contributed by atoms with van der Waals surface area (Å²) in [7, 11) is 0. The molecule has 0 aliphatic rings. The van der Waals surface area contributed by atoms with Gasteiger partial charge in [-0.1, -0.05) is 0 Å². The lowest BCUT2D eigenvalue weighted by atomic mass is 10.2. The first-order valence-electron chi connectivity index (χ1n) is 3.40. The Kier molecular flexibility index (Phi) is 1.12. The number of aromatic hydroxyl groups is 1. The highest BCUT2D eigenvalue weighted by atomic mass is 16.3. The zero-order valence-electron chi connectivity index (χ0n) is 6.13. The van der Waals surface area contributed by atoms with E-state index in [0.29, 0.717) is 0 Å². The Labute approximate surface area is 63.7 Å². The van der Waals surface area contributed by atoms with Crippen LogP contribution in [0.3, 0.4) is 0 Å². The number of aromatic amines is 1. The minimum atomic E-state index is 0.247. The van der Waals surface area contributed by atoms with Crippen LogP contribution in [0, 0.1) is 6.92 Å². The van der Waals surface area contributed by atoms with Gasteiger partial charge in [0.1, 0.15) is 11.4 Å². The summed E-state index contributed by atoms with van der Waals surface area (Å²) in [5.74, 6) is 0.247. The van der Waals surface area contributed by atoms with Gasteiger partial charge in [0.2, 0.25) is 0 Å². The maximum absolute atomic E-state index is 9.26. The van der Waals surface area contributed by atoms with E-state index in [2.05, 4.69) is 9.97 Å². The first kappa shape index (κ1) is 6.22. The van der Waals surface area contributed by atoms with E-state index in [-0.39, 0.29) is 5.75 Å². The molecule has 0 fully saturated rings. The Balaban J connectivity index is 2.93. The Morgan fingerprint density at radius 2 is 2.36 bits per heavy atom. The largest absolute Gasteiger partial charge is 0.506 e. The number of aryl methyl sites for hydroxylation is 1. The molecule has 0 aliphatic heterocycles. The predicted octanol–water partition coefficient (Wildman–Crippen LogP) is 1.58. The van der Waals surface area contributed by atoms with Crippen molar-refractivity contribution in [2.45, 2.75) is 6.92 Å². The molecule has 0 aliphatic carbocycles. The number of nitrogens with zero attached hydrogens (tertiary/aromatic N) is 1. The predicted molar refractivity (Wildman–Crippen MR) is 42.5 cm³/mol. The lowest BCUT2D eigenvalue weighted by Crippen LogP contribution is -1.80. The van der Waals surface area contributed by atoms with E-state index in [1.165, 1.54) is 6.20 Å². The monoisotopic (exact) mass is 148 g/mol. The van der Waals surface area contributed by atoms with Crippen molar-refractivity contribution in [2.24, 2.45) is 0 Å². The van der Waals surface area contributed by atoms with E-state index < -0.39 is 0 Å². The molecule has 0 spiro atoms. The van der Waals surface area contributed by atoms with Crippen LogP contribution in [0.5, 0.6) is 5.75 Å². The van der Waals surface area contributed by atoms with Gasteiger partial charge in [0, 0.05) is 17.1 Å². The normalized spacial score (nSPS) is 10.6. The molecule has 0 unspecified atom stereocenters. The molecule has 2 rings (SSSR count). The number of hydrogen-bond donors (Lipinski definition) is 2. The fourth-order valence-electron chi connectivity index (χ4n) is 1.13. The second-order valence-electron chi connectivity index (χ2n) is 2.51. The summed E-state index contributed by atoms with van der Waals surface area (Å²) in [5, 5.41) is 10.2. The van der Waals surface area contributed by atoms with Gasteiger partial charge >= 0.3 is 0 Å². The van der Waals surface area contributed by atoms with Crippen LogP contribution in [0.4, 0.5) is 0 Å². The van der Waals surface area contributed by atoms with Crippen LogP contribution in [-0.2, 0) is 0 Å². The van der Waals surface area contributed by atoms with E-state index in [9.17, 15) is 5.11 Å². The van der Waals surface area contributed by atoms with Crippen molar-refractivity contribution in [1.29, 1.82) is 0 Å². The van der Waals surface area contributed by atoms with Crippen molar-refractivity contribution in [3.63, 3.8) is 0 Å². The topological polar surface area (TPSA) is 48.9 Å². The Bertz CT molecular complexity index is 392. The number of fused-ring (bicyclic) bond motifs is 1. The molecule has 2 N–H and O–H groups in total. The van der Waals surface area contributed by atoms with Crippen LogP contribution < -0.4 is 0 Å². The smallest absolute Gasteiger partial charge is 0.137 e. The van der Waals surface area contributed by atoms with E-state index in [1.54, 1.807) is 0 Å². The van der Waals surface area contributed by atoms with E-state index in [4.69, 9.17) is 0 Å². The van der Waals surface area contributed by atoms with Gasteiger partial charge in [-0.15, -0.1) is 0 Å². The van der Waals surface area contributed by atoms with Gasteiger partial charge in [-0.05, 0) is 13.0 Å². The van der Waals surface area contributed by atoms with Gasteiger partial charge in [-0.25, -0.2) is 4.98 Å². The summed E-state index contributed by atoms with van der Waals surface area (Å²) in [6, 6.07) is 1.90. The van der Waals surface area contributed by atoms with Crippen LogP contribution in [0.2, 0.25) is 0 Å². The fourth-order valence-corrected chi connectivity index (χ4v) is 1.13. The third-order valence-corrected chi connectivity index (χ3v) is 1.83. The standard InChI is InChI=1S/C8H8N2O/c1-5-6-2-3-9-8(6)10-4-7(5)11/h2-4,11H,1H3,(H,9,10). The van der Waals surface area contributed by atoms with Crippen molar-refractivity contribution < 1.29 is 5.11 Å². The molecule has 0 aromatic carbocycles. The molecule has 0 saturated carbocycles. The van der Waals surface area contributed by atoms with E-state index in [0.717, 1.165) is 16.6 Å². The van der Waals surface area contributed by atoms with Crippen molar-refractivity contribution in [1.82, 2.24) is 9.97 Å². The van der Waals surface area contributed by atoms with Gasteiger partial charge in [-0.3, -0.25) is 0 Å². The number of H-pyrrole nitrogens is 1. The first-order chi connectivity index (χ1) is 5.29. The summed E-state index contributed by atoms with van der Waals surface area (Å²) in [4.78, 5) is 6.96. The lowest BCUT2D eigenvalue weighted by molar-refractivity contribution is 0.470. The van der Waals surface area contributed by atoms with Crippen LogP contribution in [0.1, 0.15) is 5.56 Å². The third kappa shape index (κ3) is 0.774. The fraction of sp³-hybridized carbons (Fsp3) is 0.125. The second kappa shape index (κ2) is 1.99. The zero-order valence-corrected chi connectivity index (χ0v) is 6.13. The molecule has 3 nitrogen and oxygen atoms in total.